The second-order valence-corrected chi connectivity index (χ2v) is 8.35. The summed E-state index contributed by atoms with van der Waals surface area (Å²) in [5.74, 6) is 6.45. The molecule has 3 rings (SSSR count). The molecule has 1 amide bonds. The van der Waals surface area contributed by atoms with E-state index in [2.05, 4.69) is 37.3 Å². The Morgan fingerprint density at radius 2 is 1.59 bits per heavy atom. The van der Waals surface area contributed by atoms with E-state index < -0.39 is 0 Å². The van der Waals surface area contributed by atoms with Crippen molar-refractivity contribution in [2.75, 3.05) is 0 Å². The van der Waals surface area contributed by atoms with Crippen LogP contribution in [0.1, 0.15) is 42.3 Å². The molecule has 0 aromatic heterocycles. The van der Waals surface area contributed by atoms with Gasteiger partial charge in [0.1, 0.15) is 0 Å². The molecule has 0 unspecified atom stereocenters. The number of aryl methyl sites for hydroxylation is 1. The molecule has 0 aliphatic rings. The third kappa shape index (κ3) is 4.72. The maximum absolute atomic E-state index is 12.8. The van der Waals surface area contributed by atoms with Crippen LogP contribution in [0, 0.1) is 24.2 Å². The van der Waals surface area contributed by atoms with E-state index in [1.165, 1.54) is 11.9 Å². The summed E-state index contributed by atoms with van der Waals surface area (Å²) in [6, 6.07) is 19.7. The summed E-state index contributed by atoms with van der Waals surface area (Å²) in [5.41, 5.74) is 2.68. The van der Waals surface area contributed by atoms with E-state index in [-0.39, 0.29) is 11.3 Å². The van der Waals surface area contributed by atoms with Crippen molar-refractivity contribution in [2.45, 2.75) is 32.6 Å². The van der Waals surface area contributed by atoms with E-state index >= 15 is 0 Å². The first-order valence-corrected chi connectivity index (χ1v) is 9.74. The second kappa shape index (κ2) is 7.90. The highest BCUT2D eigenvalue weighted by atomic mass is 32.2. The van der Waals surface area contributed by atoms with Crippen LogP contribution in [-0.2, 0) is 0 Å². The van der Waals surface area contributed by atoms with Gasteiger partial charge in [-0.3, -0.25) is 9.52 Å². The van der Waals surface area contributed by atoms with Crippen LogP contribution in [0.2, 0.25) is 0 Å². The summed E-state index contributed by atoms with van der Waals surface area (Å²) in [4.78, 5) is 13.8. The smallest absolute Gasteiger partial charge is 0.261 e. The van der Waals surface area contributed by atoms with Gasteiger partial charge in [-0.15, -0.1) is 0 Å². The Balaban J connectivity index is 1.92. The molecule has 3 aromatic carbocycles. The molecule has 0 bridgehead atoms. The molecule has 1 N–H and O–H groups in total. The van der Waals surface area contributed by atoms with E-state index in [1.54, 1.807) is 0 Å². The van der Waals surface area contributed by atoms with Crippen molar-refractivity contribution < 1.29 is 4.79 Å². The number of rotatable bonds is 3. The molecule has 0 radical (unpaired) electrons. The Morgan fingerprint density at radius 3 is 2.30 bits per heavy atom. The van der Waals surface area contributed by atoms with E-state index in [9.17, 15) is 4.79 Å². The summed E-state index contributed by atoms with van der Waals surface area (Å²) in [6.45, 7) is 8.30. The fourth-order valence-corrected chi connectivity index (χ4v) is 3.38. The minimum atomic E-state index is -0.102. The van der Waals surface area contributed by atoms with E-state index in [0.29, 0.717) is 5.56 Å². The Labute approximate surface area is 165 Å². The van der Waals surface area contributed by atoms with Gasteiger partial charge in [-0.2, -0.15) is 0 Å². The highest BCUT2D eigenvalue weighted by Gasteiger charge is 2.13. The Kier molecular flexibility index (Phi) is 5.58. The van der Waals surface area contributed by atoms with Gasteiger partial charge in [0, 0.05) is 21.4 Å². The van der Waals surface area contributed by atoms with Crippen LogP contribution in [0.5, 0.6) is 0 Å². The summed E-state index contributed by atoms with van der Waals surface area (Å²) < 4.78 is 2.97. The van der Waals surface area contributed by atoms with E-state index in [0.717, 1.165) is 26.8 Å². The van der Waals surface area contributed by atoms with Gasteiger partial charge in [0.15, 0.2) is 0 Å². The van der Waals surface area contributed by atoms with Crippen molar-refractivity contribution in [3.05, 3.63) is 77.4 Å². The molecule has 2 nitrogen and oxygen atoms in total. The fraction of sp³-hybridized carbons (Fsp3) is 0.208. The lowest BCUT2D eigenvalue weighted by Crippen LogP contribution is -2.16. The van der Waals surface area contributed by atoms with Crippen LogP contribution < -0.4 is 4.72 Å². The molecule has 27 heavy (non-hydrogen) atoms. The van der Waals surface area contributed by atoms with Crippen LogP contribution in [0.15, 0.2) is 65.6 Å². The van der Waals surface area contributed by atoms with Gasteiger partial charge in [-0.05, 0) is 74.2 Å². The van der Waals surface area contributed by atoms with Crippen molar-refractivity contribution in [3.8, 4) is 11.8 Å². The number of hydrogen-bond acceptors (Lipinski definition) is 2. The normalized spacial score (nSPS) is 11.0. The number of amides is 1. The lowest BCUT2D eigenvalue weighted by atomic mass is 9.95. The van der Waals surface area contributed by atoms with Crippen LogP contribution in [-0.4, -0.2) is 5.91 Å². The molecule has 0 spiro atoms. The molecule has 3 aromatic rings. The standard InChI is InChI=1S/C24H23NOS/c1-17-9-5-8-12-22(17)27-25-23(26)21-14-13-18(15-16-24(2,3)4)19-10-6-7-11-20(19)21/h5-14H,1-4H3,(H,25,26). The van der Waals surface area contributed by atoms with E-state index in [1.807, 2.05) is 67.6 Å². The van der Waals surface area contributed by atoms with Crippen LogP contribution in [0.4, 0.5) is 0 Å². The number of hydrogen-bond donors (Lipinski definition) is 1. The summed E-state index contributed by atoms with van der Waals surface area (Å²) in [6.07, 6.45) is 0. The first-order chi connectivity index (χ1) is 12.8. The van der Waals surface area contributed by atoms with Crippen LogP contribution in [0.25, 0.3) is 10.8 Å². The summed E-state index contributed by atoms with van der Waals surface area (Å²) in [5, 5.41) is 1.92. The van der Waals surface area contributed by atoms with Gasteiger partial charge in [0.2, 0.25) is 0 Å². The number of carbonyl (C=O) groups excluding carboxylic acids is 1. The quantitative estimate of drug-likeness (QED) is 0.452. The summed E-state index contributed by atoms with van der Waals surface area (Å²) >= 11 is 1.35. The first kappa shape index (κ1) is 19.1. The van der Waals surface area contributed by atoms with Crippen LogP contribution >= 0.6 is 11.9 Å². The second-order valence-electron chi connectivity index (χ2n) is 7.51. The van der Waals surface area contributed by atoms with Gasteiger partial charge in [0.05, 0.1) is 0 Å². The number of fused-ring (bicyclic) bond motifs is 1. The molecular weight excluding hydrogens is 350 g/mol. The van der Waals surface area contributed by atoms with Crippen molar-refractivity contribution in [3.63, 3.8) is 0 Å². The maximum atomic E-state index is 12.8. The topological polar surface area (TPSA) is 29.1 Å². The van der Waals surface area contributed by atoms with Crippen molar-refractivity contribution in [2.24, 2.45) is 5.41 Å². The Morgan fingerprint density at radius 1 is 0.926 bits per heavy atom. The predicted molar refractivity (Wildman–Crippen MR) is 115 cm³/mol. The highest BCUT2D eigenvalue weighted by molar-refractivity contribution is 7.98. The lowest BCUT2D eigenvalue weighted by Gasteiger charge is -2.11. The highest BCUT2D eigenvalue weighted by Crippen LogP contribution is 2.25. The molecule has 136 valence electrons. The molecule has 0 aliphatic heterocycles. The maximum Gasteiger partial charge on any atom is 0.261 e. The summed E-state index contributed by atoms with van der Waals surface area (Å²) in [7, 11) is 0. The van der Waals surface area contributed by atoms with Crippen molar-refractivity contribution >= 4 is 28.6 Å². The van der Waals surface area contributed by atoms with Gasteiger partial charge < -0.3 is 0 Å². The SMILES string of the molecule is Cc1ccccc1SNC(=O)c1ccc(C#CC(C)(C)C)c2ccccc12. The third-order valence-electron chi connectivity index (χ3n) is 4.09. The molecule has 0 saturated heterocycles. The van der Waals surface area contributed by atoms with Gasteiger partial charge in [0.25, 0.3) is 5.91 Å². The van der Waals surface area contributed by atoms with Gasteiger partial charge >= 0.3 is 0 Å². The zero-order valence-corrected chi connectivity index (χ0v) is 16.9. The van der Waals surface area contributed by atoms with Crippen LogP contribution in [0.3, 0.4) is 0 Å². The molecule has 0 fully saturated rings. The fourth-order valence-electron chi connectivity index (χ4n) is 2.69. The first-order valence-electron chi connectivity index (χ1n) is 8.93. The average molecular weight is 374 g/mol. The van der Waals surface area contributed by atoms with Crippen molar-refractivity contribution in [1.29, 1.82) is 0 Å². The molecule has 3 heteroatoms. The Bertz CT molecular complexity index is 1050. The van der Waals surface area contributed by atoms with Crippen molar-refractivity contribution in [1.82, 2.24) is 4.72 Å². The lowest BCUT2D eigenvalue weighted by molar-refractivity contribution is 0.0986. The molecule has 0 atom stereocenters. The zero-order chi connectivity index (χ0) is 19.4. The zero-order valence-electron chi connectivity index (χ0n) is 16.1. The van der Waals surface area contributed by atoms with Gasteiger partial charge in [-0.1, -0.05) is 54.3 Å². The number of benzene rings is 3. The average Bonchev–Trinajstić information content (AvgIpc) is 2.64. The van der Waals surface area contributed by atoms with Gasteiger partial charge in [-0.25, -0.2) is 0 Å². The minimum Gasteiger partial charge on any atom is -0.292 e. The monoisotopic (exact) mass is 373 g/mol. The van der Waals surface area contributed by atoms with E-state index in [4.69, 9.17) is 0 Å². The third-order valence-corrected chi connectivity index (χ3v) is 5.05. The minimum absolute atomic E-state index is 0.0681. The predicted octanol–water partition coefficient (Wildman–Crippen LogP) is 5.98. The number of nitrogens with one attached hydrogen (secondary N) is 1. The molecule has 0 saturated carbocycles. The Hall–Kier alpha value is -2.70. The molecule has 0 heterocycles. The molecule has 0 aliphatic carbocycles. The molecular formula is C24H23NOS. The largest absolute Gasteiger partial charge is 0.292 e. The number of carbonyl (C=O) groups is 1.